The van der Waals surface area contributed by atoms with E-state index in [0.717, 1.165) is 49.5 Å². The van der Waals surface area contributed by atoms with Crippen LogP contribution in [0.3, 0.4) is 0 Å². The van der Waals surface area contributed by atoms with Crippen molar-refractivity contribution in [2.45, 2.75) is 71.4 Å². The van der Waals surface area contributed by atoms with E-state index in [0.29, 0.717) is 18.7 Å². The second-order valence-electron chi connectivity index (χ2n) is 8.92. The van der Waals surface area contributed by atoms with Crippen molar-refractivity contribution in [1.82, 2.24) is 19.6 Å². The van der Waals surface area contributed by atoms with Gasteiger partial charge in [0.25, 0.3) is 0 Å². The molecule has 5 unspecified atom stereocenters. The van der Waals surface area contributed by atoms with Gasteiger partial charge in [0, 0.05) is 0 Å². The van der Waals surface area contributed by atoms with E-state index in [1.807, 2.05) is 17.5 Å². The van der Waals surface area contributed by atoms with Crippen molar-refractivity contribution in [3.05, 3.63) is 17.6 Å². The first kappa shape index (κ1) is 17.7. The first-order valence-corrected chi connectivity index (χ1v) is 14.4. The van der Waals surface area contributed by atoms with Gasteiger partial charge >= 0.3 is 168 Å². The summed E-state index contributed by atoms with van der Waals surface area (Å²) in [4.78, 5) is 11.6. The predicted molar refractivity (Wildman–Crippen MR) is 96.4 cm³/mol. The molecule has 154 valence electrons. The minimum atomic E-state index is -4.31. The molecule has 6 nitrogen and oxygen atoms in total. The monoisotopic (exact) mass is 504 g/mol. The van der Waals surface area contributed by atoms with Gasteiger partial charge < -0.3 is 0 Å². The van der Waals surface area contributed by atoms with E-state index in [1.54, 1.807) is 0 Å². The summed E-state index contributed by atoms with van der Waals surface area (Å²) in [5.41, 5.74) is 1.65. The molecule has 7 rings (SSSR count). The quantitative estimate of drug-likeness (QED) is 0.451. The molecule has 2 bridgehead atoms. The third-order valence-corrected chi connectivity index (χ3v) is 13.4. The Morgan fingerprint density at radius 2 is 1.93 bits per heavy atom. The number of aliphatic hydroxyl groups is 1. The maximum atomic E-state index is 13.8. The maximum absolute atomic E-state index is 13.8. The fourth-order valence-electron chi connectivity index (χ4n) is 5.67. The van der Waals surface area contributed by atoms with Crippen molar-refractivity contribution >= 4 is 11.6 Å². The molecule has 0 spiro atoms. The van der Waals surface area contributed by atoms with Gasteiger partial charge in [-0.25, -0.2) is 0 Å². The van der Waals surface area contributed by atoms with Gasteiger partial charge in [0.1, 0.15) is 0 Å². The third-order valence-electron chi connectivity index (χ3n) is 7.25. The molecule has 5 atom stereocenters. The molecule has 3 saturated heterocycles. The topological polar surface area (TPSA) is 66.5 Å². The second-order valence-corrected chi connectivity index (χ2v) is 15.0. The van der Waals surface area contributed by atoms with E-state index in [2.05, 4.69) is 9.88 Å². The number of hydrogen-bond acceptors (Lipinski definition) is 5. The minimum absolute atomic E-state index is 0.135. The van der Waals surface area contributed by atoms with Crippen LogP contribution < -0.4 is 24.5 Å². The second kappa shape index (κ2) is 5.96. The molecule has 5 heterocycles. The van der Waals surface area contributed by atoms with Gasteiger partial charge in [0.2, 0.25) is 0 Å². The van der Waals surface area contributed by atoms with E-state index >= 15 is 0 Å². The summed E-state index contributed by atoms with van der Waals surface area (Å²) in [6.07, 6.45) is 4.98. The van der Waals surface area contributed by atoms with Crippen LogP contribution in [0.25, 0.3) is 5.65 Å². The molecule has 0 aromatic carbocycles. The molecule has 1 N–H and O–H groups in total. The van der Waals surface area contributed by atoms with E-state index in [1.165, 1.54) is 0 Å². The number of halogens is 3. The van der Waals surface area contributed by atoms with Crippen molar-refractivity contribution in [1.29, 1.82) is 0 Å². The van der Waals surface area contributed by atoms with Gasteiger partial charge in [-0.2, -0.15) is 0 Å². The molecule has 5 fully saturated rings. The van der Waals surface area contributed by atoms with Crippen molar-refractivity contribution < 1.29 is 30.4 Å². The zero-order valence-corrected chi connectivity index (χ0v) is 18.0. The first-order valence-electron chi connectivity index (χ1n) is 10.3. The molecule has 0 amide bonds. The molecule has 2 aliphatic carbocycles. The molecular formula is C19H25F2IN5O-. The summed E-state index contributed by atoms with van der Waals surface area (Å²) in [5.74, 6) is 1.90. The van der Waals surface area contributed by atoms with Gasteiger partial charge in [-0.05, 0) is 0 Å². The molecule has 2 aromatic heterocycles. The van der Waals surface area contributed by atoms with Gasteiger partial charge in [0.05, 0.1) is 0 Å². The van der Waals surface area contributed by atoms with Crippen molar-refractivity contribution in [2.75, 3.05) is 11.4 Å². The van der Waals surface area contributed by atoms with Gasteiger partial charge in [-0.15, -0.1) is 0 Å². The summed E-state index contributed by atoms with van der Waals surface area (Å²) in [5, 5.41) is 15.2. The van der Waals surface area contributed by atoms with E-state index < -0.39 is 19.6 Å². The molecule has 9 heteroatoms. The summed E-state index contributed by atoms with van der Waals surface area (Å²) < 4.78 is 28.8. The Kier molecular flexibility index (Phi) is 3.78. The molecule has 0 radical (unpaired) electrons. The predicted octanol–water partition coefficient (Wildman–Crippen LogP) is -0.270. The summed E-state index contributed by atoms with van der Waals surface area (Å²) in [7, 11) is 0. The van der Waals surface area contributed by atoms with E-state index in [4.69, 9.17) is 10.1 Å². The SMILES string of the molecule is Cc1nc(N2CC3CCCC2CC3O)n2nc(C3CC4C(C3)[I-]4(F)F)cc2n1. The molecule has 5 aliphatic rings. The fraction of sp³-hybridized carbons (Fsp3) is 0.737. The Morgan fingerprint density at radius 1 is 1.14 bits per heavy atom. The number of rotatable bonds is 2. The standard InChI is InChI=1S/C19H25F2IN5O/c1-10-23-18-8-16(12-5-14-15(6-12)22(14,20)21)25-27(18)19(24-10)26-9-11-3-2-4-13(26)7-17(11)28/h8,11-15,17,28H,2-7,9H2,1H3/q-1. The van der Waals surface area contributed by atoms with Crippen molar-refractivity contribution in [2.24, 2.45) is 5.92 Å². The van der Waals surface area contributed by atoms with Gasteiger partial charge in [0.15, 0.2) is 0 Å². The number of aryl methyl sites for hydroxylation is 1. The van der Waals surface area contributed by atoms with Crippen LogP contribution in [-0.2, 0) is 0 Å². The number of piperidine rings is 1. The Morgan fingerprint density at radius 3 is 2.71 bits per heavy atom. The summed E-state index contributed by atoms with van der Waals surface area (Å²) in [6, 6.07) is 2.24. The molecule has 28 heavy (non-hydrogen) atoms. The van der Waals surface area contributed by atoms with Crippen LogP contribution in [0.4, 0.5) is 11.7 Å². The van der Waals surface area contributed by atoms with Gasteiger partial charge in [-0.1, -0.05) is 0 Å². The zero-order chi connectivity index (χ0) is 19.2. The molecule has 2 aromatic rings. The van der Waals surface area contributed by atoms with Crippen LogP contribution in [0, 0.1) is 12.8 Å². The van der Waals surface area contributed by atoms with Crippen LogP contribution in [0.1, 0.15) is 56.0 Å². The summed E-state index contributed by atoms with van der Waals surface area (Å²) >= 11 is -4.31. The van der Waals surface area contributed by atoms with Crippen LogP contribution in [0.5, 0.6) is 0 Å². The Hall–Kier alpha value is -1.10. The zero-order valence-electron chi connectivity index (χ0n) is 15.8. The average molecular weight is 504 g/mol. The van der Waals surface area contributed by atoms with E-state index in [-0.39, 0.29) is 31.8 Å². The van der Waals surface area contributed by atoms with Crippen LogP contribution in [0.15, 0.2) is 6.07 Å². The van der Waals surface area contributed by atoms with Crippen LogP contribution in [0.2, 0.25) is 0 Å². The number of nitrogens with zero attached hydrogens (tertiary/aromatic N) is 5. The fourth-order valence-corrected chi connectivity index (χ4v) is 12.1. The third kappa shape index (κ3) is 2.54. The number of aliphatic hydroxyl groups excluding tert-OH is 1. The number of aromatic nitrogens is 4. The normalized spacial score (nSPS) is 39.8. The Bertz CT molecular complexity index is 938. The number of alkyl halides is 2. The van der Waals surface area contributed by atoms with Crippen molar-refractivity contribution in [3.63, 3.8) is 0 Å². The number of hydrogen-bond donors (Lipinski definition) is 1. The van der Waals surface area contributed by atoms with Crippen LogP contribution in [-0.4, -0.2) is 51.2 Å². The van der Waals surface area contributed by atoms with Crippen molar-refractivity contribution in [3.8, 4) is 0 Å². The van der Waals surface area contributed by atoms with Gasteiger partial charge in [-0.3, -0.25) is 0 Å². The first-order chi connectivity index (χ1) is 13.4. The molecule has 2 saturated carbocycles. The Balaban J connectivity index is 1.37. The summed E-state index contributed by atoms with van der Waals surface area (Å²) in [6.45, 7) is 2.68. The van der Waals surface area contributed by atoms with Crippen LogP contribution >= 0.6 is 0 Å². The molecule has 3 aliphatic heterocycles. The molecular weight excluding hydrogens is 479 g/mol. The average Bonchev–Trinajstić information content (AvgIpc) is 2.97. The number of fused-ring (bicyclic) bond motifs is 6. The Labute approximate surface area is 167 Å². The van der Waals surface area contributed by atoms with E-state index in [9.17, 15) is 10.8 Å². The number of anilines is 1.